The fraction of sp³-hybridized carbons (Fsp3) is 0.278. The highest BCUT2D eigenvalue weighted by molar-refractivity contribution is 6.36. The summed E-state index contributed by atoms with van der Waals surface area (Å²) in [5.74, 6) is -0.387. The lowest BCUT2D eigenvalue weighted by Crippen LogP contribution is -2.25. The average Bonchev–Trinajstić information content (AvgIpc) is 3.25. The zero-order valence-corrected chi connectivity index (χ0v) is 16.7. The number of nitrogens with one attached hydrogen (secondary N) is 2. The van der Waals surface area contributed by atoms with Crippen molar-refractivity contribution in [2.45, 2.75) is 26.1 Å². The number of hydrogen-bond donors (Lipinski definition) is 2. The number of nitrogens with zero attached hydrogens (tertiary/aromatic N) is 3. The summed E-state index contributed by atoms with van der Waals surface area (Å²) in [6.45, 7) is 2.06. The van der Waals surface area contributed by atoms with Crippen LogP contribution < -0.4 is 5.32 Å². The molecule has 0 aliphatic heterocycles. The zero-order chi connectivity index (χ0) is 21.2. The second-order valence-corrected chi connectivity index (χ2v) is 7.14. The number of rotatable bonds is 6. The highest BCUT2D eigenvalue weighted by atomic mass is 35.5. The maximum atomic E-state index is 12.7. The molecule has 2 N–H and O–H groups in total. The molecule has 29 heavy (non-hydrogen) atoms. The van der Waals surface area contributed by atoms with Gasteiger partial charge < -0.3 is 5.32 Å². The van der Waals surface area contributed by atoms with Gasteiger partial charge in [0.05, 0.1) is 10.7 Å². The van der Waals surface area contributed by atoms with Crippen molar-refractivity contribution in [2.75, 3.05) is 6.54 Å². The van der Waals surface area contributed by atoms with Crippen LogP contribution in [0.4, 0.5) is 13.2 Å². The van der Waals surface area contributed by atoms with Crippen molar-refractivity contribution in [3.05, 3.63) is 57.5 Å². The summed E-state index contributed by atoms with van der Waals surface area (Å²) < 4.78 is 39.3. The van der Waals surface area contributed by atoms with Crippen molar-refractivity contribution < 1.29 is 18.0 Å². The molecule has 0 spiro atoms. The SMILES string of the molecule is Cc1cc(C(F)(F)F)nn1CCCNC(=O)c1cc(-c2ccc(Cl)cc2Cl)n[nH]1. The second kappa shape index (κ2) is 8.46. The van der Waals surface area contributed by atoms with Gasteiger partial charge in [-0.05, 0) is 43.7 Å². The Morgan fingerprint density at radius 1 is 1.24 bits per heavy atom. The van der Waals surface area contributed by atoms with Gasteiger partial charge in [0.15, 0.2) is 5.69 Å². The second-order valence-electron chi connectivity index (χ2n) is 6.29. The smallest absolute Gasteiger partial charge is 0.351 e. The van der Waals surface area contributed by atoms with E-state index >= 15 is 0 Å². The first-order chi connectivity index (χ1) is 13.6. The van der Waals surface area contributed by atoms with Crippen molar-refractivity contribution in [2.24, 2.45) is 0 Å². The first-order valence-corrected chi connectivity index (χ1v) is 9.31. The molecule has 2 aromatic heterocycles. The number of carbonyl (C=O) groups is 1. The third-order valence-corrected chi connectivity index (χ3v) is 4.68. The van der Waals surface area contributed by atoms with Crippen LogP contribution in [0.1, 0.15) is 28.3 Å². The van der Waals surface area contributed by atoms with Gasteiger partial charge in [0.1, 0.15) is 5.69 Å². The molecule has 0 fully saturated rings. The van der Waals surface area contributed by atoms with E-state index in [1.165, 1.54) is 4.68 Å². The minimum Gasteiger partial charge on any atom is -0.351 e. The Bertz CT molecular complexity index is 1030. The molecular weight excluding hydrogens is 430 g/mol. The van der Waals surface area contributed by atoms with Crippen LogP contribution >= 0.6 is 23.2 Å². The van der Waals surface area contributed by atoms with Gasteiger partial charge in [0.25, 0.3) is 5.91 Å². The van der Waals surface area contributed by atoms with Crippen molar-refractivity contribution in [3.63, 3.8) is 0 Å². The predicted molar refractivity (Wildman–Crippen MR) is 103 cm³/mol. The number of aromatic nitrogens is 4. The number of hydrogen-bond acceptors (Lipinski definition) is 3. The van der Waals surface area contributed by atoms with Crippen LogP contribution in [0, 0.1) is 6.92 Å². The fourth-order valence-electron chi connectivity index (χ4n) is 2.67. The predicted octanol–water partition coefficient (Wildman–Crippen LogP) is 4.73. The summed E-state index contributed by atoms with van der Waals surface area (Å²) in [7, 11) is 0. The topological polar surface area (TPSA) is 75.6 Å². The van der Waals surface area contributed by atoms with E-state index in [2.05, 4.69) is 20.6 Å². The average molecular weight is 446 g/mol. The Labute approximate surface area is 174 Å². The summed E-state index contributed by atoms with van der Waals surface area (Å²) >= 11 is 12.0. The zero-order valence-electron chi connectivity index (χ0n) is 15.1. The Kier molecular flexibility index (Phi) is 6.18. The lowest BCUT2D eigenvalue weighted by molar-refractivity contribution is -0.141. The molecule has 1 amide bonds. The van der Waals surface area contributed by atoms with Gasteiger partial charge in [-0.3, -0.25) is 14.6 Å². The number of alkyl halides is 3. The minimum absolute atomic E-state index is 0.237. The van der Waals surface area contributed by atoms with E-state index < -0.39 is 11.9 Å². The number of amides is 1. The number of carbonyl (C=O) groups excluding carboxylic acids is 1. The highest BCUT2D eigenvalue weighted by Gasteiger charge is 2.34. The standard InChI is InChI=1S/C18H16Cl2F3N5O/c1-10-7-16(18(21,22)23)27-28(10)6-2-5-24-17(29)15-9-14(25-26-15)12-4-3-11(19)8-13(12)20/h3-4,7-9H,2,5-6H2,1H3,(H,24,29)(H,25,26). The van der Waals surface area contributed by atoms with Gasteiger partial charge in [-0.2, -0.15) is 23.4 Å². The normalized spacial score (nSPS) is 11.7. The molecule has 0 atom stereocenters. The Morgan fingerprint density at radius 2 is 2.00 bits per heavy atom. The van der Waals surface area contributed by atoms with Crippen LogP contribution in [0.3, 0.4) is 0 Å². The fourth-order valence-corrected chi connectivity index (χ4v) is 3.18. The van der Waals surface area contributed by atoms with Gasteiger partial charge in [-0.1, -0.05) is 23.2 Å². The van der Waals surface area contributed by atoms with Gasteiger partial charge in [0, 0.05) is 29.4 Å². The first-order valence-electron chi connectivity index (χ1n) is 8.56. The molecule has 11 heteroatoms. The number of H-pyrrole nitrogens is 1. The maximum absolute atomic E-state index is 12.7. The number of halogens is 5. The van der Waals surface area contributed by atoms with Gasteiger partial charge in [-0.25, -0.2) is 0 Å². The Balaban J connectivity index is 1.54. The maximum Gasteiger partial charge on any atom is 0.435 e. The molecule has 0 aliphatic carbocycles. The quantitative estimate of drug-likeness (QED) is 0.538. The van der Waals surface area contributed by atoms with Crippen LogP contribution in [0.25, 0.3) is 11.3 Å². The summed E-state index contributed by atoms with van der Waals surface area (Å²) in [6.07, 6.45) is -4.06. The molecule has 0 bridgehead atoms. The lowest BCUT2D eigenvalue weighted by atomic mass is 10.1. The Hall–Kier alpha value is -2.52. The van der Waals surface area contributed by atoms with Crippen molar-refractivity contribution >= 4 is 29.1 Å². The van der Waals surface area contributed by atoms with E-state index in [0.29, 0.717) is 33.4 Å². The summed E-state index contributed by atoms with van der Waals surface area (Å²) in [5, 5.41) is 13.8. The monoisotopic (exact) mass is 445 g/mol. The van der Waals surface area contributed by atoms with Crippen LogP contribution in [-0.4, -0.2) is 32.4 Å². The summed E-state index contributed by atoms with van der Waals surface area (Å²) in [6, 6.07) is 7.49. The van der Waals surface area contributed by atoms with Gasteiger partial charge in [0.2, 0.25) is 0 Å². The van der Waals surface area contributed by atoms with E-state index in [1.54, 1.807) is 31.2 Å². The molecule has 0 saturated carbocycles. The van der Waals surface area contributed by atoms with Crippen LogP contribution in [0.15, 0.2) is 30.3 Å². The lowest BCUT2D eigenvalue weighted by Gasteiger charge is -2.06. The largest absolute Gasteiger partial charge is 0.435 e. The van der Waals surface area contributed by atoms with Crippen LogP contribution in [0.5, 0.6) is 0 Å². The van der Waals surface area contributed by atoms with Crippen molar-refractivity contribution in [1.29, 1.82) is 0 Å². The van der Waals surface area contributed by atoms with E-state index in [0.717, 1.165) is 6.07 Å². The number of benzene rings is 1. The van der Waals surface area contributed by atoms with Crippen LogP contribution in [-0.2, 0) is 12.7 Å². The molecule has 0 radical (unpaired) electrons. The molecule has 154 valence electrons. The van der Waals surface area contributed by atoms with Crippen molar-refractivity contribution in [3.8, 4) is 11.3 Å². The van der Waals surface area contributed by atoms with Gasteiger partial charge in [-0.15, -0.1) is 0 Å². The molecule has 3 aromatic rings. The van der Waals surface area contributed by atoms with Gasteiger partial charge >= 0.3 is 6.18 Å². The Morgan fingerprint density at radius 3 is 2.66 bits per heavy atom. The van der Waals surface area contributed by atoms with E-state index in [9.17, 15) is 18.0 Å². The van der Waals surface area contributed by atoms with Crippen molar-refractivity contribution in [1.82, 2.24) is 25.3 Å². The summed E-state index contributed by atoms with van der Waals surface area (Å²) in [5.41, 5.74) is 0.830. The van der Waals surface area contributed by atoms with E-state index in [-0.39, 0.29) is 24.7 Å². The van der Waals surface area contributed by atoms with Crippen LogP contribution in [0.2, 0.25) is 10.0 Å². The third kappa shape index (κ3) is 5.10. The molecule has 0 saturated heterocycles. The third-order valence-electron chi connectivity index (χ3n) is 4.13. The summed E-state index contributed by atoms with van der Waals surface area (Å²) in [4.78, 5) is 12.2. The van der Waals surface area contributed by atoms with E-state index in [1.807, 2.05) is 0 Å². The molecular formula is C18H16Cl2F3N5O. The number of aryl methyl sites for hydroxylation is 2. The molecule has 0 unspecified atom stereocenters. The molecule has 6 nitrogen and oxygen atoms in total. The molecule has 1 aromatic carbocycles. The molecule has 3 rings (SSSR count). The number of aromatic amines is 1. The van der Waals surface area contributed by atoms with E-state index in [4.69, 9.17) is 23.2 Å². The highest BCUT2D eigenvalue weighted by Crippen LogP contribution is 2.30. The minimum atomic E-state index is -4.48. The molecule has 0 aliphatic rings. The first kappa shape index (κ1) is 21.2. The molecule has 2 heterocycles.